The predicted molar refractivity (Wildman–Crippen MR) is 69.6 cm³/mol. The van der Waals surface area contributed by atoms with Crippen LogP contribution in [0.3, 0.4) is 0 Å². The summed E-state index contributed by atoms with van der Waals surface area (Å²) in [5, 5.41) is 3.70. The van der Waals surface area contributed by atoms with Crippen molar-refractivity contribution in [3.63, 3.8) is 0 Å². The Kier molecular flexibility index (Phi) is 4.41. The Morgan fingerprint density at radius 3 is 2.75 bits per heavy atom. The summed E-state index contributed by atoms with van der Waals surface area (Å²) in [4.78, 5) is 0. The SMILES string of the molecule is C[C@H]1CCCC(CCCc2ccccc2)N1. The Morgan fingerprint density at radius 1 is 1.19 bits per heavy atom. The van der Waals surface area contributed by atoms with Crippen LogP contribution in [0.5, 0.6) is 0 Å². The Morgan fingerprint density at radius 2 is 2.00 bits per heavy atom. The fraction of sp³-hybridized carbons (Fsp3) is 0.600. The molecule has 0 bridgehead atoms. The van der Waals surface area contributed by atoms with E-state index < -0.39 is 0 Å². The van der Waals surface area contributed by atoms with Crippen LogP contribution in [0.1, 0.15) is 44.6 Å². The van der Waals surface area contributed by atoms with Crippen LogP contribution >= 0.6 is 0 Å². The van der Waals surface area contributed by atoms with Crippen LogP contribution in [-0.4, -0.2) is 12.1 Å². The third-order valence-electron chi connectivity index (χ3n) is 3.57. The van der Waals surface area contributed by atoms with Crippen molar-refractivity contribution >= 4 is 0 Å². The monoisotopic (exact) mass is 217 g/mol. The van der Waals surface area contributed by atoms with E-state index in [1.165, 1.54) is 44.1 Å². The first-order valence-corrected chi connectivity index (χ1v) is 6.64. The van der Waals surface area contributed by atoms with Gasteiger partial charge in [0.25, 0.3) is 0 Å². The summed E-state index contributed by atoms with van der Waals surface area (Å²) in [6.07, 6.45) is 8.01. The lowest BCUT2D eigenvalue weighted by molar-refractivity contribution is 0.317. The second kappa shape index (κ2) is 6.05. The lowest BCUT2D eigenvalue weighted by atomic mass is 9.95. The molecule has 0 radical (unpaired) electrons. The summed E-state index contributed by atoms with van der Waals surface area (Å²) < 4.78 is 0. The quantitative estimate of drug-likeness (QED) is 0.813. The summed E-state index contributed by atoms with van der Waals surface area (Å²) in [5.41, 5.74) is 1.48. The highest BCUT2D eigenvalue weighted by Crippen LogP contribution is 2.17. The Labute approximate surface area is 99.3 Å². The van der Waals surface area contributed by atoms with Crippen molar-refractivity contribution < 1.29 is 0 Å². The minimum atomic E-state index is 0.732. The fourth-order valence-corrected chi connectivity index (χ4v) is 2.66. The maximum absolute atomic E-state index is 3.70. The molecule has 2 rings (SSSR count). The summed E-state index contributed by atoms with van der Waals surface area (Å²) in [5.74, 6) is 0. The van der Waals surface area contributed by atoms with Crippen LogP contribution in [0.2, 0.25) is 0 Å². The highest BCUT2D eigenvalue weighted by atomic mass is 15.0. The number of benzene rings is 1. The van der Waals surface area contributed by atoms with Crippen molar-refractivity contribution in [3.05, 3.63) is 35.9 Å². The molecule has 1 nitrogen and oxygen atoms in total. The molecule has 0 amide bonds. The van der Waals surface area contributed by atoms with E-state index in [1.807, 2.05) is 0 Å². The summed E-state index contributed by atoms with van der Waals surface area (Å²) in [7, 11) is 0. The van der Waals surface area contributed by atoms with Gasteiger partial charge in [0.2, 0.25) is 0 Å². The molecule has 1 saturated heterocycles. The molecule has 0 aromatic heterocycles. The zero-order valence-corrected chi connectivity index (χ0v) is 10.3. The second-order valence-electron chi connectivity index (χ2n) is 5.07. The normalized spacial score (nSPS) is 25.6. The number of nitrogens with one attached hydrogen (secondary N) is 1. The number of rotatable bonds is 4. The molecule has 1 aromatic carbocycles. The van der Waals surface area contributed by atoms with Crippen molar-refractivity contribution in [2.24, 2.45) is 0 Å². The Balaban J connectivity index is 1.68. The lowest BCUT2D eigenvalue weighted by Gasteiger charge is -2.28. The van der Waals surface area contributed by atoms with E-state index in [0.717, 1.165) is 12.1 Å². The number of piperidine rings is 1. The third kappa shape index (κ3) is 3.64. The van der Waals surface area contributed by atoms with E-state index in [4.69, 9.17) is 0 Å². The molecule has 88 valence electrons. The van der Waals surface area contributed by atoms with Gasteiger partial charge in [-0.2, -0.15) is 0 Å². The van der Waals surface area contributed by atoms with Crippen LogP contribution in [0.15, 0.2) is 30.3 Å². The number of hydrogen-bond donors (Lipinski definition) is 1. The molecule has 1 heterocycles. The maximum Gasteiger partial charge on any atom is 0.00696 e. The van der Waals surface area contributed by atoms with Gasteiger partial charge in [-0.25, -0.2) is 0 Å². The second-order valence-corrected chi connectivity index (χ2v) is 5.07. The van der Waals surface area contributed by atoms with Crippen LogP contribution in [0, 0.1) is 0 Å². The molecule has 1 aliphatic heterocycles. The van der Waals surface area contributed by atoms with E-state index in [-0.39, 0.29) is 0 Å². The van der Waals surface area contributed by atoms with Crippen LogP contribution in [-0.2, 0) is 6.42 Å². The summed E-state index contributed by atoms with van der Waals surface area (Å²) in [6, 6.07) is 12.3. The van der Waals surface area contributed by atoms with Gasteiger partial charge in [0.15, 0.2) is 0 Å². The highest BCUT2D eigenvalue weighted by molar-refractivity contribution is 5.14. The summed E-state index contributed by atoms with van der Waals surface area (Å²) in [6.45, 7) is 2.31. The first kappa shape index (κ1) is 11.7. The average Bonchev–Trinajstić information content (AvgIpc) is 2.30. The van der Waals surface area contributed by atoms with Crippen LogP contribution in [0.4, 0.5) is 0 Å². The zero-order chi connectivity index (χ0) is 11.2. The van der Waals surface area contributed by atoms with Gasteiger partial charge in [0.05, 0.1) is 0 Å². The van der Waals surface area contributed by atoms with E-state index >= 15 is 0 Å². The molecule has 0 aliphatic carbocycles. The first-order chi connectivity index (χ1) is 7.84. The molecule has 1 fully saturated rings. The molecule has 16 heavy (non-hydrogen) atoms. The van der Waals surface area contributed by atoms with Gasteiger partial charge in [-0.15, -0.1) is 0 Å². The molecule has 2 atom stereocenters. The molecule has 1 aromatic rings. The highest BCUT2D eigenvalue weighted by Gasteiger charge is 2.16. The van der Waals surface area contributed by atoms with Gasteiger partial charge in [-0.05, 0) is 44.6 Å². The van der Waals surface area contributed by atoms with Crippen molar-refractivity contribution in [2.75, 3.05) is 0 Å². The smallest absolute Gasteiger partial charge is 0.00696 e. The van der Waals surface area contributed by atoms with E-state index in [9.17, 15) is 0 Å². The zero-order valence-electron chi connectivity index (χ0n) is 10.3. The van der Waals surface area contributed by atoms with Gasteiger partial charge < -0.3 is 5.32 Å². The molecule has 1 unspecified atom stereocenters. The van der Waals surface area contributed by atoms with Gasteiger partial charge in [-0.3, -0.25) is 0 Å². The minimum Gasteiger partial charge on any atom is -0.312 e. The fourth-order valence-electron chi connectivity index (χ4n) is 2.66. The third-order valence-corrected chi connectivity index (χ3v) is 3.57. The van der Waals surface area contributed by atoms with Gasteiger partial charge in [0, 0.05) is 12.1 Å². The van der Waals surface area contributed by atoms with E-state index in [0.29, 0.717) is 0 Å². The molecule has 0 spiro atoms. The van der Waals surface area contributed by atoms with Crippen molar-refractivity contribution in [3.8, 4) is 0 Å². The van der Waals surface area contributed by atoms with E-state index in [2.05, 4.69) is 42.6 Å². The van der Waals surface area contributed by atoms with Gasteiger partial charge in [0.1, 0.15) is 0 Å². The van der Waals surface area contributed by atoms with Crippen molar-refractivity contribution in [2.45, 2.75) is 57.5 Å². The van der Waals surface area contributed by atoms with Crippen LogP contribution in [0.25, 0.3) is 0 Å². The van der Waals surface area contributed by atoms with Gasteiger partial charge in [-0.1, -0.05) is 36.8 Å². The van der Waals surface area contributed by atoms with Crippen molar-refractivity contribution in [1.82, 2.24) is 5.32 Å². The predicted octanol–water partition coefficient (Wildman–Crippen LogP) is 3.54. The standard InChI is InChI=1S/C15H23N/c1-13-7-5-11-15(16-13)12-6-10-14-8-3-2-4-9-14/h2-4,8-9,13,15-16H,5-7,10-12H2,1H3/t13-,15?/m0/s1. The largest absolute Gasteiger partial charge is 0.312 e. The Hall–Kier alpha value is -0.820. The maximum atomic E-state index is 3.70. The van der Waals surface area contributed by atoms with Gasteiger partial charge >= 0.3 is 0 Å². The molecule has 1 heteroatoms. The van der Waals surface area contributed by atoms with Crippen LogP contribution < -0.4 is 5.32 Å². The molecule has 1 aliphatic rings. The molecule has 1 N–H and O–H groups in total. The first-order valence-electron chi connectivity index (χ1n) is 6.64. The number of hydrogen-bond acceptors (Lipinski definition) is 1. The molecular weight excluding hydrogens is 194 g/mol. The minimum absolute atomic E-state index is 0.732. The molecule has 0 saturated carbocycles. The summed E-state index contributed by atoms with van der Waals surface area (Å²) >= 11 is 0. The lowest BCUT2D eigenvalue weighted by Crippen LogP contribution is -2.40. The average molecular weight is 217 g/mol. The van der Waals surface area contributed by atoms with E-state index in [1.54, 1.807) is 0 Å². The Bertz CT molecular complexity index is 294. The number of aryl methyl sites for hydroxylation is 1. The topological polar surface area (TPSA) is 12.0 Å². The molecular formula is C15H23N. The van der Waals surface area contributed by atoms with Crippen molar-refractivity contribution in [1.29, 1.82) is 0 Å².